The topological polar surface area (TPSA) is 21.7 Å². The summed E-state index contributed by atoms with van der Waals surface area (Å²) in [5.41, 5.74) is 0. The number of allylic oxidation sites excluding steroid dienone is 8. The van der Waals surface area contributed by atoms with Crippen LogP contribution in [0.15, 0.2) is 48.6 Å². The van der Waals surface area contributed by atoms with Gasteiger partial charge in [0.25, 0.3) is 0 Å². The van der Waals surface area contributed by atoms with Gasteiger partial charge in [0.05, 0.1) is 12.2 Å². The van der Waals surface area contributed by atoms with Crippen molar-refractivity contribution in [1.82, 2.24) is 4.90 Å². The monoisotopic (exact) mass is 668 g/mol. The van der Waals surface area contributed by atoms with E-state index in [1.165, 1.54) is 148 Å². The second kappa shape index (κ2) is 29.6. The molecule has 0 aromatic heterocycles. The molecule has 3 nitrogen and oxygen atoms in total. The van der Waals surface area contributed by atoms with Crippen molar-refractivity contribution in [2.24, 2.45) is 0 Å². The summed E-state index contributed by atoms with van der Waals surface area (Å²) in [6.45, 7) is 4.54. The molecule has 1 aliphatic carbocycles. The minimum Gasteiger partial charge on any atom is -0.344 e. The molecule has 1 saturated carbocycles. The summed E-state index contributed by atoms with van der Waals surface area (Å²) in [5.74, 6) is -0.318. The Morgan fingerprint density at radius 1 is 0.479 bits per heavy atom. The predicted molar refractivity (Wildman–Crippen MR) is 212 cm³/mol. The molecular weight excluding hydrogens is 587 g/mol. The van der Waals surface area contributed by atoms with Crippen molar-refractivity contribution < 1.29 is 9.47 Å². The van der Waals surface area contributed by atoms with Crippen molar-refractivity contribution in [3.63, 3.8) is 0 Å². The first-order valence-corrected chi connectivity index (χ1v) is 21.2. The van der Waals surface area contributed by atoms with Crippen LogP contribution in [0.25, 0.3) is 0 Å². The lowest BCUT2D eigenvalue weighted by Crippen LogP contribution is -2.40. The first-order chi connectivity index (χ1) is 23.6. The van der Waals surface area contributed by atoms with E-state index in [2.05, 4.69) is 81.5 Å². The molecule has 0 bridgehead atoms. The number of nitrogens with zero attached hydrogens (tertiary/aromatic N) is 1. The van der Waals surface area contributed by atoms with Gasteiger partial charge in [-0.1, -0.05) is 140 Å². The number of rotatable bonds is 31. The summed E-state index contributed by atoms with van der Waals surface area (Å²) in [5, 5.41) is 0. The molecule has 0 spiro atoms. The second-order valence-corrected chi connectivity index (χ2v) is 15.3. The number of unbranched alkanes of at least 4 members (excludes halogenated alkanes) is 18. The minimum absolute atomic E-state index is 0.292. The minimum atomic E-state index is -0.318. The predicted octanol–water partition coefficient (Wildman–Crippen LogP) is 14.0. The second-order valence-electron chi connectivity index (χ2n) is 15.3. The normalized spacial score (nSPS) is 23.2. The van der Waals surface area contributed by atoms with Crippen LogP contribution in [-0.2, 0) is 9.47 Å². The Bertz CT molecular complexity index is 794. The van der Waals surface area contributed by atoms with Crippen molar-refractivity contribution in [2.75, 3.05) is 14.1 Å². The Morgan fingerprint density at radius 2 is 0.875 bits per heavy atom. The van der Waals surface area contributed by atoms with E-state index < -0.39 is 0 Å². The van der Waals surface area contributed by atoms with Crippen molar-refractivity contribution in [3.8, 4) is 0 Å². The van der Waals surface area contributed by atoms with Gasteiger partial charge in [0.15, 0.2) is 5.79 Å². The molecule has 1 aliphatic heterocycles. The van der Waals surface area contributed by atoms with Gasteiger partial charge in [-0.05, 0) is 110 Å². The Morgan fingerprint density at radius 3 is 1.31 bits per heavy atom. The average molecular weight is 668 g/mol. The average Bonchev–Trinajstić information content (AvgIpc) is 3.45. The van der Waals surface area contributed by atoms with Gasteiger partial charge < -0.3 is 14.4 Å². The van der Waals surface area contributed by atoms with Crippen LogP contribution in [0, 0.1) is 0 Å². The lowest BCUT2D eigenvalue weighted by atomic mass is 9.90. The highest BCUT2D eigenvalue weighted by Crippen LogP contribution is 2.43. The van der Waals surface area contributed by atoms with Gasteiger partial charge in [-0.15, -0.1) is 0 Å². The van der Waals surface area contributed by atoms with Crippen molar-refractivity contribution >= 4 is 0 Å². The third-order valence-corrected chi connectivity index (χ3v) is 10.7. The van der Waals surface area contributed by atoms with Crippen LogP contribution < -0.4 is 0 Å². The molecule has 278 valence electrons. The standard InChI is InChI=1S/C45H81NO2/c1-5-7-9-11-13-15-17-19-21-23-25-27-29-31-33-35-39-45(47-43-38-37-42(46(3)4)41-44(43)48-45)40-36-34-32-30-28-26-24-22-20-18-16-14-12-10-8-6-2/h13-16,19-22,42-44H,5-12,17-18,23-41H2,1-4H3/t42-,43+,44-,45?/m1/s1. The maximum atomic E-state index is 6.91. The molecule has 0 aromatic rings. The summed E-state index contributed by atoms with van der Waals surface area (Å²) in [7, 11) is 4.45. The van der Waals surface area contributed by atoms with E-state index in [0.717, 1.165) is 38.5 Å². The molecule has 0 aromatic carbocycles. The highest BCUT2D eigenvalue weighted by molar-refractivity contribution is 4.95. The van der Waals surface area contributed by atoms with Gasteiger partial charge in [0.1, 0.15) is 0 Å². The fourth-order valence-corrected chi connectivity index (χ4v) is 7.51. The smallest absolute Gasteiger partial charge is 0.169 e. The van der Waals surface area contributed by atoms with Gasteiger partial charge in [0.2, 0.25) is 0 Å². The Labute approximate surface area is 300 Å². The van der Waals surface area contributed by atoms with Crippen LogP contribution in [0.1, 0.15) is 200 Å². The van der Waals surface area contributed by atoms with E-state index in [4.69, 9.17) is 9.47 Å². The SMILES string of the molecule is CCCCCC=CCC=CCCCCCCCCC1(CCCCCCCCC=CCC=CCCCCC)O[C@H]2CC[C@@H](N(C)C)C[C@H]2O1. The molecule has 3 heteroatoms. The van der Waals surface area contributed by atoms with Gasteiger partial charge >= 0.3 is 0 Å². The molecule has 2 rings (SSSR count). The summed E-state index contributed by atoms with van der Waals surface area (Å²) < 4.78 is 13.8. The highest BCUT2D eigenvalue weighted by atomic mass is 16.8. The third kappa shape index (κ3) is 21.1. The van der Waals surface area contributed by atoms with E-state index in [1.807, 2.05) is 0 Å². The fourth-order valence-electron chi connectivity index (χ4n) is 7.51. The fraction of sp³-hybridized carbons (Fsp3) is 0.822. The Hall–Kier alpha value is -1.16. The number of fused-ring (bicyclic) bond motifs is 1. The number of ether oxygens (including phenoxy) is 2. The van der Waals surface area contributed by atoms with Crippen molar-refractivity contribution in [1.29, 1.82) is 0 Å². The molecule has 1 heterocycles. The molecule has 0 amide bonds. The summed E-state index contributed by atoms with van der Waals surface area (Å²) >= 11 is 0. The first kappa shape index (κ1) is 43.0. The van der Waals surface area contributed by atoms with Gasteiger partial charge in [-0.25, -0.2) is 0 Å². The molecule has 3 atom stereocenters. The van der Waals surface area contributed by atoms with E-state index in [0.29, 0.717) is 18.2 Å². The summed E-state index contributed by atoms with van der Waals surface area (Å²) in [6.07, 6.45) is 56.3. The molecule has 0 radical (unpaired) electrons. The molecule has 1 saturated heterocycles. The Balaban J connectivity index is 1.59. The van der Waals surface area contributed by atoms with Crippen molar-refractivity contribution in [3.05, 3.63) is 48.6 Å². The van der Waals surface area contributed by atoms with Crippen LogP contribution in [0.4, 0.5) is 0 Å². The van der Waals surface area contributed by atoms with Crippen LogP contribution in [0.5, 0.6) is 0 Å². The Kier molecular flexibility index (Phi) is 26.5. The largest absolute Gasteiger partial charge is 0.344 e. The first-order valence-electron chi connectivity index (χ1n) is 21.2. The zero-order chi connectivity index (χ0) is 34.4. The van der Waals surface area contributed by atoms with Gasteiger partial charge in [-0.2, -0.15) is 0 Å². The zero-order valence-corrected chi connectivity index (χ0v) is 32.6. The maximum absolute atomic E-state index is 6.91. The van der Waals surface area contributed by atoms with Crippen LogP contribution >= 0.6 is 0 Å². The molecule has 0 N–H and O–H groups in total. The molecule has 48 heavy (non-hydrogen) atoms. The quantitative estimate of drug-likeness (QED) is 0.0542. The van der Waals surface area contributed by atoms with Crippen LogP contribution in [0.3, 0.4) is 0 Å². The maximum Gasteiger partial charge on any atom is 0.169 e. The summed E-state index contributed by atoms with van der Waals surface area (Å²) in [6, 6.07) is 0.634. The third-order valence-electron chi connectivity index (χ3n) is 10.7. The molecule has 2 fully saturated rings. The highest BCUT2D eigenvalue weighted by Gasteiger charge is 2.49. The lowest BCUT2D eigenvalue weighted by molar-refractivity contribution is -0.186. The zero-order valence-electron chi connectivity index (χ0n) is 32.6. The summed E-state index contributed by atoms with van der Waals surface area (Å²) in [4.78, 5) is 2.39. The van der Waals surface area contributed by atoms with Crippen LogP contribution in [0.2, 0.25) is 0 Å². The molecule has 2 aliphatic rings. The van der Waals surface area contributed by atoms with E-state index >= 15 is 0 Å². The lowest BCUT2D eigenvalue weighted by Gasteiger charge is -2.33. The van der Waals surface area contributed by atoms with Gasteiger partial charge in [0, 0.05) is 18.9 Å². The van der Waals surface area contributed by atoms with Crippen molar-refractivity contribution in [2.45, 2.75) is 224 Å². The molecular formula is C45H81NO2. The van der Waals surface area contributed by atoms with E-state index in [9.17, 15) is 0 Å². The molecule has 0 unspecified atom stereocenters. The van der Waals surface area contributed by atoms with Gasteiger partial charge in [-0.3, -0.25) is 0 Å². The number of hydrogen-bond acceptors (Lipinski definition) is 3. The van der Waals surface area contributed by atoms with E-state index in [1.54, 1.807) is 0 Å². The van der Waals surface area contributed by atoms with E-state index in [-0.39, 0.29) is 5.79 Å². The number of hydrogen-bond donors (Lipinski definition) is 0. The van der Waals surface area contributed by atoms with Crippen LogP contribution in [-0.4, -0.2) is 43.0 Å².